The van der Waals surface area contributed by atoms with Gasteiger partial charge in [-0.05, 0) is 68.5 Å². The number of hydrogen-bond donors (Lipinski definition) is 2. The number of nitrogens with two attached hydrogens (primary N) is 1. The highest BCUT2D eigenvalue weighted by molar-refractivity contribution is 5.56. The molecule has 1 aromatic carbocycles. The predicted molar refractivity (Wildman–Crippen MR) is 104 cm³/mol. The van der Waals surface area contributed by atoms with E-state index in [4.69, 9.17) is 15.2 Å². The summed E-state index contributed by atoms with van der Waals surface area (Å²) in [5.74, 6) is 2.31. The lowest BCUT2D eigenvalue weighted by Gasteiger charge is -2.61. The molecule has 2 bridgehead atoms. The first-order valence-electron chi connectivity index (χ1n) is 10.5. The Bertz CT molecular complexity index is 735. The van der Waals surface area contributed by atoms with Crippen LogP contribution in [0.15, 0.2) is 12.1 Å². The summed E-state index contributed by atoms with van der Waals surface area (Å²) in [6.45, 7) is 2.34. The Morgan fingerprint density at radius 2 is 2.11 bits per heavy atom. The molecule has 3 aliphatic carbocycles. The van der Waals surface area contributed by atoms with E-state index in [1.807, 2.05) is 6.07 Å². The van der Waals surface area contributed by atoms with Gasteiger partial charge in [0.1, 0.15) is 0 Å². The molecule has 5 heteroatoms. The molecule has 5 unspecified atom stereocenters. The van der Waals surface area contributed by atoms with Crippen molar-refractivity contribution in [3.63, 3.8) is 0 Å². The van der Waals surface area contributed by atoms with Crippen LogP contribution in [0.25, 0.3) is 0 Å². The lowest BCUT2D eigenvalue weighted by Crippen LogP contribution is -2.65. The van der Waals surface area contributed by atoms with Gasteiger partial charge in [-0.2, -0.15) is 0 Å². The average molecular weight is 373 g/mol. The van der Waals surface area contributed by atoms with Gasteiger partial charge in [0.25, 0.3) is 0 Å². The van der Waals surface area contributed by atoms with Crippen LogP contribution >= 0.6 is 0 Å². The van der Waals surface area contributed by atoms with Crippen molar-refractivity contribution < 1.29 is 14.6 Å². The molecule has 27 heavy (non-hydrogen) atoms. The summed E-state index contributed by atoms with van der Waals surface area (Å²) in [5, 5.41) is 11.1. The largest absolute Gasteiger partial charge is 0.504 e. The van der Waals surface area contributed by atoms with Crippen LogP contribution in [0.1, 0.15) is 43.2 Å². The summed E-state index contributed by atoms with van der Waals surface area (Å²) in [7, 11) is 3.42. The van der Waals surface area contributed by atoms with Crippen LogP contribution in [0.2, 0.25) is 0 Å². The van der Waals surface area contributed by atoms with Crippen LogP contribution in [-0.4, -0.2) is 55.5 Å². The first-order chi connectivity index (χ1) is 13.1. The van der Waals surface area contributed by atoms with Crippen molar-refractivity contribution in [2.75, 3.05) is 27.3 Å². The Hall–Kier alpha value is -1.30. The fourth-order valence-corrected chi connectivity index (χ4v) is 6.47. The highest BCUT2D eigenvalue weighted by Crippen LogP contribution is 2.59. The average Bonchev–Trinajstić information content (AvgIpc) is 3.47. The summed E-state index contributed by atoms with van der Waals surface area (Å²) >= 11 is 0. The fraction of sp³-hybridized carbons (Fsp3) is 0.727. The van der Waals surface area contributed by atoms with Crippen molar-refractivity contribution in [1.82, 2.24) is 4.90 Å². The molecule has 148 valence electrons. The molecule has 5 rings (SSSR count). The first-order valence-corrected chi connectivity index (χ1v) is 10.5. The van der Waals surface area contributed by atoms with E-state index in [1.165, 1.54) is 24.9 Å². The minimum atomic E-state index is -0.0502. The second kappa shape index (κ2) is 6.36. The van der Waals surface area contributed by atoms with Gasteiger partial charge in [0.05, 0.1) is 13.2 Å². The van der Waals surface area contributed by atoms with Crippen molar-refractivity contribution in [3.05, 3.63) is 23.3 Å². The molecule has 1 aliphatic heterocycles. The molecule has 1 saturated heterocycles. The summed E-state index contributed by atoms with van der Waals surface area (Å²) in [6.07, 6.45) is 6.84. The highest BCUT2D eigenvalue weighted by atomic mass is 16.5. The summed E-state index contributed by atoms with van der Waals surface area (Å²) in [6, 6.07) is 4.64. The van der Waals surface area contributed by atoms with Crippen LogP contribution in [0.4, 0.5) is 0 Å². The van der Waals surface area contributed by atoms with Gasteiger partial charge in [-0.25, -0.2) is 0 Å². The summed E-state index contributed by atoms with van der Waals surface area (Å²) < 4.78 is 11.2. The van der Waals surface area contributed by atoms with E-state index in [9.17, 15) is 5.11 Å². The zero-order valence-electron chi connectivity index (χ0n) is 16.5. The number of nitrogens with zero attached hydrogens (tertiary/aromatic N) is 1. The standard InChI is InChI=1S/C22H32N2O3/c1-26-18-6-5-14-9-17-15-10-19(27-2)16(23)11-22(15,20(14)21(18)25)7-8-24(17)12-13-3-4-13/h5-6,13,15-17,19,25H,3-4,7-12,23H2,1-2H3. The quantitative estimate of drug-likeness (QED) is 0.850. The Morgan fingerprint density at radius 1 is 1.30 bits per heavy atom. The maximum atomic E-state index is 11.1. The number of aromatic hydroxyl groups is 1. The van der Waals surface area contributed by atoms with Gasteiger partial charge in [0.2, 0.25) is 0 Å². The van der Waals surface area contributed by atoms with Crippen molar-refractivity contribution in [1.29, 1.82) is 0 Å². The number of rotatable bonds is 4. The van der Waals surface area contributed by atoms with Gasteiger partial charge in [-0.3, -0.25) is 4.90 Å². The van der Waals surface area contributed by atoms with Gasteiger partial charge in [-0.15, -0.1) is 0 Å². The normalized spacial score (nSPS) is 38.2. The molecule has 4 aliphatic rings. The van der Waals surface area contributed by atoms with Gasteiger partial charge in [0.15, 0.2) is 11.5 Å². The molecule has 0 amide bonds. The Morgan fingerprint density at radius 3 is 2.81 bits per heavy atom. The molecule has 5 nitrogen and oxygen atoms in total. The number of fused-ring (bicyclic) bond motifs is 1. The molecule has 1 aromatic rings. The van der Waals surface area contributed by atoms with Gasteiger partial charge in [-0.1, -0.05) is 6.07 Å². The number of methoxy groups -OCH3 is 2. The van der Waals surface area contributed by atoms with E-state index in [0.29, 0.717) is 23.5 Å². The second-order valence-electron chi connectivity index (χ2n) is 9.25. The topological polar surface area (TPSA) is 68.0 Å². The van der Waals surface area contributed by atoms with Gasteiger partial charge in [0, 0.05) is 36.7 Å². The van der Waals surface area contributed by atoms with E-state index >= 15 is 0 Å². The van der Waals surface area contributed by atoms with Crippen LogP contribution < -0.4 is 10.5 Å². The van der Waals surface area contributed by atoms with Crippen LogP contribution in [-0.2, 0) is 16.6 Å². The molecule has 1 heterocycles. The fourth-order valence-electron chi connectivity index (χ4n) is 6.47. The monoisotopic (exact) mass is 372 g/mol. The van der Waals surface area contributed by atoms with Crippen LogP contribution in [0.3, 0.4) is 0 Å². The number of phenols is 1. The van der Waals surface area contributed by atoms with E-state index in [-0.39, 0.29) is 17.6 Å². The van der Waals surface area contributed by atoms with E-state index < -0.39 is 0 Å². The third kappa shape index (κ3) is 2.62. The first kappa shape index (κ1) is 17.8. The molecule has 5 atom stereocenters. The lowest BCUT2D eigenvalue weighted by atomic mass is 9.51. The number of likely N-dealkylation sites (tertiary alicyclic amines) is 1. The number of hydrogen-bond acceptors (Lipinski definition) is 5. The van der Waals surface area contributed by atoms with Crippen molar-refractivity contribution >= 4 is 0 Å². The SMILES string of the molecule is COc1ccc2c(c1O)C13CCN(CC4CC4)C(C2)C1CC(OC)C(N)C3. The predicted octanol–water partition coefficient (Wildman–Crippen LogP) is 2.43. The minimum Gasteiger partial charge on any atom is -0.504 e. The maximum Gasteiger partial charge on any atom is 0.161 e. The minimum absolute atomic E-state index is 0.0124. The van der Waals surface area contributed by atoms with Gasteiger partial charge < -0.3 is 20.3 Å². The number of benzene rings is 1. The molecular formula is C22H32N2O3. The van der Waals surface area contributed by atoms with Crippen molar-refractivity contribution in [2.45, 2.75) is 62.1 Å². The molecular weight excluding hydrogens is 340 g/mol. The van der Waals surface area contributed by atoms with Gasteiger partial charge >= 0.3 is 0 Å². The zero-order chi connectivity index (χ0) is 18.8. The smallest absolute Gasteiger partial charge is 0.161 e. The molecule has 0 aromatic heterocycles. The van der Waals surface area contributed by atoms with Crippen LogP contribution in [0, 0.1) is 11.8 Å². The maximum absolute atomic E-state index is 11.1. The number of ether oxygens (including phenoxy) is 2. The van der Waals surface area contributed by atoms with Crippen molar-refractivity contribution in [2.24, 2.45) is 17.6 Å². The van der Waals surface area contributed by atoms with E-state index in [1.54, 1.807) is 14.2 Å². The summed E-state index contributed by atoms with van der Waals surface area (Å²) in [4.78, 5) is 2.74. The van der Waals surface area contributed by atoms with E-state index in [2.05, 4.69) is 11.0 Å². The van der Waals surface area contributed by atoms with Crippen molar-refractivity contribution in [3.8, 4) is 11.5 Å². The van der Waals surface area contributed by atoms with E-state index in [0.717, 1.165) is 43.7 Å². The molecule has 2 saturated carbocycles. The zero-order valence-corrected chi connectivity index (χ0v) is 16.5. The third-order valence-corrected chi connectivity index (χ3v) is 7.92. The Labute approximate surface area is 161 Å². The molecule has 0 radical (unpaired) electrons. The molecule has 0 spiro atoms. The summed E-state index contributed by atoms with van der Waals surface area (Å²) in [5.41, 5.74) is 8.94. The second-order valence-corrected chi connectivity index (χ2v) is 9.25. The van der Waals surface area contributed by atoms with Crippen LogP contribution in [0.5, 0.6) is 11.5 Å². The number of phenolic OH excluding ortho intramolecular Hbond substituents is 1. The highest BCUT2D eigenvalue weighted by Gasteiger charge is 2.58. The Kier molecular flexibility index (Phi) is 4.19. The third-order valence-electron chi connectivity index (χ3n) is 7.92. The lowest BCUT2D eigenvalue weighted by molar-refractivity contribution is -0.0704. The molecule has 3 fully saturated rings. The Balaban J connectivity index is 1.61. The number of piperidine rings is 1. The molecule has 3 N–H and O–H groups in total.